The van der Waals surface area contributed by atoms with Crippen molar-refractivity contribution in [3.05, 3.63) is 94.4 Å². The topological polar surface area (TPSA) is 157 Å². The molecule has 13 nitrogen and oxygen atoms in total. The van der Waals surface area contributed by atoms with Crippen molar-refractivity contribution in [3.63, 3.8) is 0 Å². The van der Waals surface area contributed by atoms with Crippen molar-refractivity contribution in [2.24, 2.45) is 5.11 Å². The molecule has 15 heteroatoms. The molecule has 2 aromatic carbocycles. The van der Waals surface area contributed by atoms with E-state index in [1.165, 1.54) is 6.08 Å². The second-order valence-electron chi connectivity index (χ2n) is 12.4. The van der Waals surface area contributed by atoms with Gasteiger partial charge in [-0.1, -0.05) is 93.1 Å². The van der Waals surface area contributed by atoms with Crippen LogP contribution in [-0.4, -0.2) is 58.3 Å². The number of carbonyl (C=O) groups is 1. The summed E-state index contributed by atoms with van der Waals surface area (Å²) in [6, 6.07) is 15.5. The molecule has 0 N–H and O–H groups in total. The van der Waals surface area contributed by atoms with Gasteiger partial charge in [-0.15, -0.1) is 0 Å². The van der Waals surface area contributed by atoms with Crippen LogP contribution in [0.5, 0.6) is 0 Å². The molecule has 0 bridgehead atoms. The van der Waals surface area contributed by atoms with Crippen molar-refractivity contribution in [2.45, 2.75) is 89.4 Å². The van der Waals surface area contributed by atoms with E-state index in [1.54, 1.807) is 0 Å². The van der Waals surface area contributed by atoms with Gasteiger partial charge < -0.3 is 23.4 Å². The van der Waals surface area contributed by atoms with Crippen LogP contribution >= 0.6 is 7.82 Å². The van der Waals surface area contributed by atoms with Gasteiger partial charge in [-0.05, 0) is 40.4 Å². The van der Waals surface area contributed by atoms with Crippen molar-refractivity contribution in [1.29, 1.82) is 0 Å². The third-order valence-corrected chi connectivity index (χ3v) is 13.9. The van der Waals surface area contributed by atoms with Gasteiger partial charge in [0, 0.05) is 4.91 Å². The monoisotopic (exact) mass is 675 g/mol. The molecule has 0 spiro atoms. The first-order valence-corrected chi connectivity index (χ1v) is 19.3. The van der Waals surface area contributed by atoms with E-state index < -0.39 is 52.9 Å². The largest absolute Gasteiger partial charge is 0.508 e. The van der Waals surface area contributed by atoms with Gasteiger partial charge in [-0.2, -0.15) is 0 Å². The zero-order chi connectivity index (χ0) is 33.4. The maximum Gasteiger partial charge on any atom is 0.508 e. The van der Waals surface area contributed by atoms with Gasteiger partial charge in [0.1, 0.15) is 31.0 Å². The number of hydrogen-bond acceptors (Lipinski definition) is 11. The summed E-state index contributed by atoms with van der Waals surface area (Å²) < 4.78 is 61.5. The summed E-state index contributed by atoms with van der Waals surface area (Å²) in [5.41, 5.74) is 12.1. The number of ether oxygens (including phenoxy) is 4. The van der Waals surface area contributed by atoms with Gasteiger partial charge in [0.05, 0.1) is 26.4 Å². The lowest BCUT2D eigenvalue weighted by Crippen LogP contribution is -2.62. The van der Waals surface area contributed by atoms with Crippen LogP contribution in [-0.2, 0) is 61.3 Å². The predicted octanol–water partition coefficient (Wildman–Crippen LogP) is 7.58. The van der Waals surface area contributed by atoms with Crippen molar-refractivity contribution in [3.8, 4) is 0 Å². The van der Waals surface area contributed by atoms with E-state index in [0.717, 1.165) is 16.7 Å². The number of nitrogens with zero attached hydrogens (tertiary/aromatic N) is 3. The molecule has 0 aliphatic carbocycles. The number of phosphoric acid groups is 1. The zero-order valence-electron chi connectivity index (χ0n) is 26.8. The van der Waals surface area contributed by atoms with E-state index in [0.29, 0.717) is 0 Å². The van der Waals surface area contributed by atoms with E-state index in [1.807, 2.05) is 88.5 Å². The van der Waals surface area contributed by atoms with Gasteiger partial charge in [0.2, 0.25) is 0 Å². The standard InChI is InChI=1S/C31H42N3O10PSi/c1-7-17-38-30(35)42-28-26(33-34-32)29(44-46(5,6)31(2,3)4)41-25(21-37-18-22-13-9-8-10-14-22)27(28)43-45(36)39-19-23-15-11-12-16-24(23)20-40-45/h7-16,25-29H,1,17-21H2,2-6H3/t25?,26?,27-,28-,29+/m1/s1. The van der Waals surface area contributed by atoms with E-state index in [2.05, 4.69) is 16.6 Å². The predicted molar refractivity (Wildman–Crippen MR) is 171 cm³/mol. The molecule has 250 valence electrons. The van der Waals surface area contributed by atoms with E-state index in [4.69, 9.17) is 36.9 Å². The molecular formula is C31H42N3O10PSi. The lowest BCUT2D eigenvalue weighted by atomic mass is 9.97. The summed E-state index contributed by atoms with van der Waals surface area (Å²) in [5.74, 6) is 0. The molecular weight excluding hydrogens is 633 g/mol. The maximum atomic E-state index is 14.1. The highest BCUT2D eigenvalue weighted by atomic mass is 31.2. The van der Waals surface area contributed by atoms with Crippen LogP contribution in [0, 0.1) is 0 Å². The quantitative estimate of drug-likeness (QED) is 0.0418. The van der Waals surface area contributed by atoms with Crippen molar-refractivity contribution < 1.29 is 46.3 Å². The fourth-order valence-corrected chi connectivity index (χ4v) is 7.03. The smallest absolute Gasteiger partial charge is 0.430 e. The molecule has 1 fully saturated rings. The highest BCUT2D eigenvalue weighted by Gasteiger charge is 2.54. The van der Waals surface area contributed by atoms with E-state index in [-0.39, 0.29) is 38.1 Å². The van der Waals surface area contributed by atoms with Gasteiger partial charge in [0.25, 0.3) is 0 Å². The average Bonchev–Trinajstić information content (AvgIpc) is 3.18. The summed E-state index contributed by atoms with van der Waals surface area (Å²) in [5, 5.41) is 3.67. The van der Waals surface area contributed by atoms with Gasteiger partial charge in [-0.25, -0.2) is 9.36 Å². The van der Waals surface area contributed by atoms with Crippen molar-refractivity contribution in [1.82, 2.24) is 0 Å². The second kappa shape index (κ2) is 15.7. The Morgan fingerprint density at radius 2 is 1.72 bits per heavy atom. The molecule has 5 atom stereocenters. The Morgan fingerprint density at radius 1 is 1.09 bits per heavy atom. The SMILES string of the molecule is C=CCOC(=O)O[C@@H]1C(N=[N+]=[N-])[C@H](O[Si](C)(C)C(C)(C)C)OC(COCc2ccccc2)[C@H]1OP1(=O)OCc2ccccc2CO1. The van der Waals surface area contributed by atoms with Crippen LogP contribution in [0.4, 0.5) is 4.79 Å². The lowest BCUT2D eigenvalue weighted by molar-refractivity contribution is -0.245. The Hall–Kier alpha value is -3.03. The molecule has 2 aliphatic heterocycles. The third kappa shape index (κ3) is 9.28. The zero-order valence-corrected chi connectivity index (χ0v) is 28.7. The molecule has 2 aliphatic rings. The third-order valence-electron chi connectivity index (χ3n) is 8.09. The van der Waals surface area contributed by atoms with Crippen LogP contribution in [0.2, 0.25) is 18.1 Å². The molecule has 0 saturated carbocycles. The molecule has 4 rings (SSSR count). The maximum absolute atomic E-state index is 14.1. The number of phosphoric ester groups is 1. The summed E-state index contributed by atoms with van der Waals surface area (Å²) in [7, 11) is -6.89. The van der Waals surface area contributed by atoms with Crippen LogP contribution < -0.4 is 0 Å². The highest BCUT2D eigenvalue weighted by Crippen LogP contribution is 2.55. The summed E-state index contributed by atoms with van der Waals surface area (Å²) in [6.07, 6.45) is -4.73. The van der Waals surface area contributed by atoms with Crippen LogP contribution in [0.25, 0.3) is 10.4 Å². The highest BCUT2D eigenvalue weighted by molar-refractivity contribution is 7.48. The summed E-state index contributed by atoms with van der Waals surface area (Å²) >= 11 is 0. The molecule has 2 aromatic rings. The Bertz CT molecular complexity index is 1400. The van der Waals surface area contributed by atoms with Gasteiger partial charge in [-0.3, -0.25) is 13.6 Å². The molecule has 2 heterocycles. The van der Waals surface area contributed by atoms with E-state index in [9.17, 15) is 14.9 Å². The molecule has 0 aromatic heterocycles. The lowest BCUT2D eigenvalue weighted by Gasteiger charge is -2.47. The van der Waals surface area contributed by atoms with Crippen molar-refractivity contribution >= 4 is 22.3 Å². The second-order valence-corrected chi connectivity index (χ2v) is 18.8. The fraction of sp³-hybridized carbons (Fsp3) is 0.516. The fourth-order valence-electron chi connectivity index (χ4n) is 4.56. The minimum atomic E-state index is -4.32. The molecule has 46 heavy (non-hydrogen) atoms. The van der Waals surface area contributed by atoms with Gasteiger partial charge >= 0.3 is 14.0 Å². The first kappa shape index (κ1) is 35.8. The van der Waals surface area contributed by atoms with Gasteiger partial charge in [0.15, 0.2) is 14.6 Å². The molecule has 0 radical (unpaired) electrons. The Morgan fingerprint density at radius 3 is 2.30 bits per heavy atom. The minimum Gasteiger partial charge on any atom is -0.430 e. The summed E-state index contributed by atoms with van der Waals surface area (Å²) in [6.45, 7) is 13.5. The van der Waals surface area contributed by atoms with Crippen LogP contribution in [0.1, 0.15) is 37.5 Å². The summed E-state index contributed by atoms with van der Waals surface area (Å²) in [4.78, 5) is 15.9. The number of hydrogen-bond donors (Lipinski definition) is 0. The number of azide groups is 1. The number of fused-ring (bicyclic) bond motifs is 1. The Labute approximate surface area is 270 Å². The average molecular weight is 676 g/mol. The molecule has 2 unspecified atom stereocenters. The molecule has 1 saturated heterocycles. The number of rotatable bonds is 12. The van der Waals surface area contributed by atoms with Crippen LogP contribution in [0.3, 0.4) is 0 Å². The van der Waals surface area contributed by atoms with Crippen LogP contribution in [0.15, 0.2) is 72.4 Å². The Balaban J connectivity index is 1.71. The number of carbonyl (C=O) groups excluding carboxylic acids is 1. The Kier molecular flexibility index (Phi) is 12.2. The normalized spacial score (nSPS) is 24.5. The molecule has 0 amide bonds. The van der Waals surface area contributed by atoms with E-state index >= 15 is 0 Å². The van der Waals surface area contributed by atoms with Crippen molar-refractivity contribution in [2.75, 3.05) is 13.2 Å². The number of benzene rings is 2. The first-order valence-electron chi connectivity index (χ1n) is 14.9. The minimum absolute atomic E-state index is 0.0556. The first-order chi connectivity index (χ1) is 21.9.